The predicted octanol–water partition coefficient (Wildman–Crippen LogP) is 4.25. The van der Waals surface area contributed by atoms with Crippen molar-refractivity contribution in [1.82, 2.24) is 5.32 Å². The fourth-order valence-corrected chi connectivity index (χ4v) is 3.40. The summed E-state index contributed by atoms with van der Waals surface area (Å²) in [6, 6.07) is 15.5. The minimum atomic E-state index is -0.178. The Balaban J connectivity index is 1.73. The quantitative estimate of drug-likeness (QED) is 0.827. The lowest BCUT2D eigenvalue weighted by Gasteiger charge is -2.14. The normalized spacial score (nSPS) is 19.3. The molecule has 3 rings (SSSR count). The summed E-state index contributed by atoms with van der Waals surface area (Å²) in [4.78, 5) is 12.8. The highest BCUT2D eigenvalue weighted by Crippen LogP contribution is 2.31. The van der Waals surface area contributed by atoms with E-state index in [-0.39, 0.29) is 11.4 Å². The molecule has 1 aliphatic rings. The van der Waals surface area contributed by atoms with Gasteiger partial charge in [0.05, 0.1) is 4.91 Å². The molecule has 1 amide bonds. The smallest absolute Gasteiger partial charge is 0.260 e. The molecular weight excluding hydrogens is 316 g/mol. The van der Waals surface area contributed by atoms with Crippen LogP contribution in [0.2, 0.25) is 5.02 Å². The number of carbonyl (C=O) groups is 1. The first kappa shape index (κ1) is 15.0. The SMILES string of the molecule is Cc1cc(Cl)ccc1NC1NC(=O)/C(=C/c2ccccc2)S1. The van der Waals surface area contributed by atoms with Crippen LogP contribution in [0.5, 0.6) is 0 Å². The molecule has 22 heavy (non-hydrogen) atoms. The lowest BCUT2D eigenvalue weighted by atomic mass is 10.2. The molecule has 2 N–H and O–H groups in total. The Hall–Kier alpha value is -1.91. The van der Waals surface area contributed by atoms with Crippen LogP contribution in [0.3, 0.4) is 0 Å². The highest BCUT2D eigenvalue weighted by molar-refractivity contribution is 8.05. The van der Waals surface area contributed by atoms with E-state index in [1.165, 1.54) is 11.8 Å². The lowest BCUT2D eigenvalue weighted by molar-refractivity contribution is -0.116. The number of carbonyl (C=O) groups excluding carboxylic acids is 1. The van der Waals surface area contributed by atoms with Gasteiger partial charge in [0, 0.05) is 10.7 Å². The maximum atomic E-state index is 12.1. The molecule has 112 valence electrons. The zero-order valence-electron chi connectivity index (χ0n) is 12.0. The van der Waals surface area contributed by atoms with Gasteiger partial charge in [0.1, 0.15) is 0 Å². The van der Waals surface area contributed by atoms with Crippen LogP contribution < -0.4 is 10.6 Å². The van der Waals surface area contributed by atoms with Gasteiger partial charge < -0.3 is 10.6 Å². The number of hydrogen-bond donors (Lipinski definition) is 2. The number of halogens is 1. The summed E-state index contributed by atoms with van der Waals surface area (Å²) in [7, 11) is 0. The first-order valence-corrected chi connectivity index (χ1v) is 8.14. The Labute approximate surface area is 138 Å². The molecule has 2 aromatic rings. The van der Waals surface area contributed by atoms with Crippen LogP contribution in [0.1, 0.15) is 11.1 Å². The lowest BCUT2D eigenvalue weighted by Crippen LogP contribution is -2.31. The largest absolute Gasteiger partial charge is 0.356 e. The first-order chi connectivity index (χ1) is 10.6. The van der Waals surface area contributed by atoms with Crippen LogP contribution >= 0.6 is 23.4 Å². The van der Waals surface area contributed by atoms with Crippen molar-refractivity contribution < 1.29 is 4.79 Å². The number of amides is 1. The maximum Gasteiger partial charge on any atom is 0.260 e. The van der Waals surface area contributed by atoms with Crippen LogP contribution in [0.4, 0.5) is 5.69 Å². The summed E-state index contributed by atoms with van der Waals surface area (Å²) in [5.74, 6) is -0.0574. The van der Waals surface area contributed by atoms with Crippen LogP contribution in [0.25, 0.3) is 6.08 Å². The predicted molar refractivity (Wildman–Crippen MR) is 93.8 cm³/mol. The van der Waals surface area contributed by atoms with Gasteiger partial charge in [-0.1, -0.05) is 53.7 Å². The van der Waals surface area contributed by atoms with Gasteiger partial charge in [0.15, 0.2) is 5.50 Å². The van der Waals surface area contributed by atoms with Crippen molar-refractivity contribution in [2.45, 2.75) is 12.4 Å². The molecule has 0 aliphatic carbocycles. The van der Waals surface area contributed by atoms with E-state index in [1.807, 2.05) is 61.5 Å². The molecule has 1 atom stereocenters. The van der Waals surface area contributed by atoms with Crippen LogP contribution in [-0.4, -0.2) is 11.4 Å². The van der Waals surface area contributed by atoms with Crippen molar-refractivity contribution in [3.63, 3.8) is 0 Å². The van der Waals surface area contributed by atoms with Gasteiger partial charge in [-0.25, -0.2) is 0 Å². The Bertz CT molecular complexity index is 731. The molecule has 0 radical (unpaired) electrons. The summed E-state index contributed by atoms with van der Waals surface area (Å²) in [5.41, 5.74) is 2.84. The Kier molecular flexibility index (Phi) is 4.41. The van der Waals surface area contributed by atoms with Gasteiger partial charge in [0.2, 0.25) is 0 Å². The average molecular weight is 331 g/mol. The van der Waals surface area contributed by atoms with Gasteiger partial charge >= 0.3 is 0 Å². The minimum Gasteiger partial charge on any atom is -0.356 e. The number of anilines is 1. The third-order valence-corrected chi connectivity index (χ3v) is 4.57. The molecule has 1 unspecified atom stereocenters. The average Bonchev–Trinajstić information content (AvgIpc) is 2.83. The van der Waals surface area contributed by atoms with Gasteiger partial charge in [-0.3, -0.25) is 4.79 Å². The summed E-state index contributed by atoms with van der Waals surface area (Å²) < 4.78 is 0. The van der Waals surface area contributed by atoms with Crippen molar-refractivity contribution in [1.29, 1.82) is 0 Å². The second kappa shape index (κ2) is 6.46. The fourth-order valence-electron chi connectivity index (χ4n) is 2.20. The minimum absolute atomic E-state index is 0.0574. The number of benzene rings is 2. The van der Waals surface area contributed by atoms with Crippen molar-refractivity contribution in [3.05, 3.63) is 69.6 Å². The molecule has 1 fully saturated rings. The van der Waals surface area contributed by atoms with Crippen LogP contribution in [-0.2, 0) is 4.79 Å². The highest BCUT2D eigenvalue weighted by atomic mass is 35.5. The molecule has 2 aromatic carbocycles. The van der Waals surface area contributed by atoms with Crippen LogP contribution in [0, 0.1) is 6.92 Å². The van der Waals surface area contributed by atoms with E-state index in [0.717, 1.165) is 16.8 Å². The van der Waals surface area contributed by atoms with E-state index in [1.54, 1.807) is 0 Å². The van der Waals surface area contributed by atoms with E-state index in [9.17, 15) is 4.79 Å². The van der Waals surface area contributed by atoms with Gasteiger partial charge in [-0.15, -0.1) is 0 Å². The van der Waals surface area contributed by atoms with E-state index in [4.69, 9.17) is 11.6 Å². The molecule has 0 spiro atoms. The zero-order chi connectivity index (χ0) is 15.5. The molecule has 0 saturated carbocycles. The summed E-state index contributed by atoms with van der Waals surface area (Å²) in [6.07, 6.45) is 1.90. The number of aryl methyl sites for hydroxylation is 1. The highest BCUT2D eigenvalue weighted by Gasteiger charge is 2.27. The summed E-state index contributed by atoms with van der Waals surface area (Å²) >= 11 is 7.44. The van der Waals surface area contributed by atoms with Crippen molar-refractivity contribution >= 4 is 41.0 Å². The number of rotatable bonds is 3. The molecule has 1 saturated heterocycles. The second-order valence-electron chi connectivity index (χ2n) is 4.99. The second-order valence-corrected chi connectivity index (χ2v) is 6.58. The summed E-state index contributed by atoms with van der Waals surface area (Å²) in [6.45, 7) is 1.98. The van der Waals surface area contributed by atoms with Crippen molar-refractivity contribution in [3.8, 4) is 0 Å². The summed E-state index contributed by atoms with van der Waals surface area (Å²) in [5, 5.41) is 6.94. The fraction of sp³-hybridized carbons (Fsp3) is 0.118. The van der Waals surface area contributed by atoms with Gasteiger partial charge in [-0.05, 0) is 42.3 Å². The molecule has 3 nitrogen and oxygen atoms in total. The molecule has 1 heterocycles. The number of hydrogen-bond acceptors (Lipinski definition) is 3. The third-order valence-electron chi connectivity index (χ3n) is 3.30. The van der Waals surface area contributed by atoms with Crippen molar-refractivity contribution in [2.75, 3.05) is 5.32 Å². The standard InChI is InChI=1S/C17H15ClN2OS/c1-11-9-13(18)7-8-14(11)19-17-20-16(21)15(22-17)10-12-5-3-2-4-6-12/h2-10,17,19H,1H3,(H,20,21)/b15-10-. The zero-order valence-corrected chi connectivity index (χ0v) is 13.5. The monoisotopic (exact) mass is 330 g/mol. The van der Waals surface area contributed by atoms with Crippen LogP contribution in [0.15, 0.2) is 53.4 Å². The third kappa shape index (κ3) is 3.46. The number of nitrogens with one attached hydrogen (secondary N) is 2. The Morgan fingerprint density at radius 2 is 2.00 bits per heavy atom. The molecule has 0 aromatic heterocycles. The molecule has 5 heteroatoms. The topological polar surface area (TPSA) is 41.1 Å². The molecular formula is C17H15ClN2OS. The first-order valence-electron chi connectivity index (χ1n) is 6.89. The van der Waals surface area contributed by atoms with Gasteiger partial charge in [0.25, 0.3) is 5.91 Å². The molecule has 0 bridgehead atoms. The molecule has 1 aliphatic heterocycles. The maximum absolute atomic E-state index is 12.1. The van der Waals surface area contributed by atoms with E-state index in [0.29, 0.717) is 9.93 Å². The van der Waals surface area contributed by atoms with E-state index < -0.39 is 0 Å². The Morgan fingerprint density at radius 3 is 2.73 bits per heavy atom. The van der Waals surface area contributed by atoms with Gasteiger partial charge in [-0.2, -0.15) is 0 Å². The van der Waals surface area contributed by atoms with Crippen molar-refractivity contribution in [2.24, 2.45) is 0 Å². The number of thioether (sulfide) groups is 1. The van der Waals surface area contributed by atoms with E-state index in [2.05, 4.69) is 10.6 Å². The Morgan fingerprint density at radius 1 is 1.23 bits per heavy atom. The van der Waals surface area contributed by atoms with E-state index >= 15 is 0 Å².